The largest absolute Gasteiger partial charge is 0.338 e. The van der Waals surface area contributed by atoms with Crippen LogP contribution in [0, 0.1) is 13.8 Å². The maximum absolute atomic E-state index is 13.4. The van der Waals surface area contributed by atoms with Crippen molar-refractivity contribution in [2.75, 3.05) is 18.8 Å². The Morgan fingerprint density at radius 3 is 2.63 bits per heavy atom. The Balaban J connectivity index is 2.07. The van der Waals surface area contributed by atoms with Gasteiger partial charge in [0, 0.05) is 13.1 Å². The maximum atomic E-state index is 13.4. The van der Waals surface area contributed by atoms with Crippen molar-refractivity contribution in [2.24, 2.45) is 0 Å². The third-order valence-corrected chi connectivity index (χ3v) is 5.79. The molecule has 2 aromatic carbocycles. The Labute approximate surface area is 181 Å². The average molecular weight is 422 g/mol. The van der Waals surface area contributed by atoms with Crippen LogP contribution in [0.1, 0.15) is 25.0 Å². The summed E-state index contributed by atoms with van der Waals surface area (Å²) in [5.74, 6) is 0.206. The number of carbonyl (C=O) groups excluding carboxylic acids is 1. The minimum atomic E-state index is -0.126. The molecule has 0 atom stereocenters. The van der Waals surface area contributed by atoms with Crippen LogP contribution in [0.2, 0.25) is 0 Å². The molecule has 0 spiro atoms. The molecule has 5 nitrogen and oxygen atoms in total. The second kappa shape index (κ2) is 9.30. The number of amides is 1. The lowest BCUT2D eigenvalue weighted by Crippen LogP contribution is -2.33. The molecular weight excluding hydrogens is 394 g/mol. The Kier molecular flexibility index (Phi) is 6.77. The normalized spacial score (nSPS) is 10.9. The van der Waals surface area contributed by atoms with Crippen LogP contribution in [-0.2, 0) is 4.79 Å². The van der Waals surface area contributed by atoms with Crippen LogP contribution in [0.15, 0.2) is 64.6 Å². The average Bonchev–Trinajstić information content (AvgIpc) is 2.72. The first kappa shape index (κ1) is 21.8. The minimum absolute atomic E-state index is 0.000391. The van der Waals surface area contributed by atoms with Crippen molar-refractivity contribution in [1.82, 2.24) is 14.5 Å². The summed E-state index contributed by atoms with van der Waals surface area (Å²) >= 11 is 1.30. The fourth-order valence-electron chi connectivity index (χ4n) is 3.30. The zero-order chi connectivity index (χ0) is 21.8. The van der Waals surface area contributed by atoms with Crippen molar-refractivity contribution in [3.05, 3.63) is 76.1 Å². The highest BCUT2D eigenvalue weighted by atomic mass is 32.2. The van der Waals surface area contributed by atoms with Crippen molar-refractivity contribution in [3.8, 4) is 5.69 Å². The number of benzene rings is 2. The molecule has 1 heterocycles. The van der Waals surface area contributed by atoms with E-state index >= 15 is 0 Å². The summed E-state index contributed by atoms with van der Waals surface area (Å²) in [6, 6.07) is 13.3. The zero-order valence-electron chi connectivity index (χ0n) is 17.9. The molecule has 3 rings (SSSR count). The number of thioether (sulfide) groups is 1. The summed E-state index contributed by atoms with van der Waals surface area (Å²) < 4.78 is 1.64. The summed E-state index contributed by atoms with van der Waals surface area (Å²) in [7, 11) is 0. The molecule has 0 bridgehead atoms. The maximum Gasteiger partial charge on any atom is 0.266 e. The molecule has 0 aliphatic rings. The van der Waals surface area contributed by atoms with Gasteiger partial charge in [0.15, 0.2) is 5.16 Å². The summed E-state index contributed by atoms with van der Waals surface area (Å²) in [5.41, 5.74) is 4.27. The van der Waals surface area contributed by atoms with E-state index in [0.29, 0.717) is 29.1 Å². The number of nitrogens with zero attached hydrogens (tertiary/aromatic N) is 3. The van der Waals surface area contributed by atoms with Gasteiger partial charge in [-0.1, -0.05) is 48.2 Å². The smallest absolute Gasteiger partial charge is 0.266 e. The van der Waals surface area contributed by atoms with Gasteiger partial charge in [-0.25, -0.2) is 4.98 Å². The summed E-state index contributed by atoms with van der Waals surface area (Å²) in [4.78, 5) is 32.6. The number of hydrogen-bond acceptors (Lipinski definition) is 4. The van der Waals surface area contributed by atoms with Gasteiger partial charge in [0.2, 0.25) is 5.91 Å². The SMILES string of the molecule is C=C(C)CN(CC)C(=O)CSc1nc2ccccc2c(=O)n1-c1cc(C)ccc1C. The number of fused-ring (bicyclic) bond motifs is 1. The van der Waals surface area contributed by atoms with Crippen LogP contribution in [0.3, 0.4) is 0 Å². The van der Waals surface area contributed by atoms with E-state index in [1.54, 1.807) is 15.5 Å². The van der Waals surface area contributed by atoms with E-state index in [4.69, 9.17) is 4.98 Å². The number of aryl methyl sites for hydroxylation is 2. The number of para-hydroxylation sites is 1. The molecule has 156 valence electrons. The van der Waals surface area contributed by atoms with Crippen LogP contribution in [0.5, 0.6) is 0 Å². The summed E-state index contributed by atoms with van der Waals surface area (Å²) in [6.45, 7) is 12.9. The Morgan fingerprint density at radius 2 is 1.93 bits per heavy atom. The highest BCUT2D eigenvalue weighted by molar-refractivity contribution is 7.99. The van der Waals surface area contributed by atoms with E-state index in [2.05, 4.69) is 6.58 Å². The van der Waals surface area contributed by atoms with Gasteiger partial charge in [-0.3, -0.25) is 14.2 Å². The van der Waals surface area contributed by atoms with Gasteiger partial charge in [0.1, 0.15) is 0 Å². The molecule has 0 fully saturated rings. The van der Waals surface area contributed by atoms with Gasteiger partial charge in [0.05, 0.1) is 22.3 Å². The van der Waals surface area contributed by atoms with Crippen molar-refractivity contribution >= 4 is 28.6 Å². The van der Waals surface area contributed by atoms with Crippen LogP contribution >= 0.6 is 11.8 Å². The van der Waals surface area contributed by atoms with Crippen LogP contribution < -0.4 is 5.56 Å². The fourth-order valence-corrected chi connectivity index (χ4v) is 4.21. The second-order valence-corrected chi connectivity index (χ2v) is 8.44. The van der Waals surface area contributed by atoms with Gasteiger partial charge >= 0.3 is 0 Å². The molecule has 1 amide bonds. The number of likely N-dealkylation sites (N-methyl/N-ethyl adjacent to an activating group) is 1. The van der Waals surface area contributed by atoms with E-state index < -0.39 is 0 Å². The first-order valence-electron chi connectivity index (χ1n) is 9.96. The molecule has 0 radical (unpaired) electrons. The van der Waals surface area contributed by atoms with E-state index in [-0.39, 0.29) is 17.2 Å². The lowest BCUT2D eigenvalue weighted by Gasteiger charge is -2.21. The van der Waals surface area contributed by atoms with Crippen LogP contribution in [0.25, 0.3) is 16.6 Å². The number of aromatic nitrogens is 2. The molecule has 0 saturated carbocycles. The van der Waals surface area contributed by atoms with Crippen molar-refractivity contribution in [1.29, 1.82) is 0 Å². The number of hydrogen-bond donors (Lipinski definition) is 0. The van der Waals surface area contributed by atoms with Gasteiger partial charge in [0.25, 0.3) is 5.56 Å². The van der Waals surface area contributed by atoms with Gasteiger partial charge in [-0.2, -0.15) is 0 Å². The van der Waals surface area contributed by atoms with Crippen LogP contribution in [-0.4, -0.2) is 39.2 Å². The number of rotatable bonds is 7. The zero-order valence-corrected chi connectivity index (χ0v) is 18.8. The lowest BCUT2D eigenvalue weighted by atomic mass is 10.1. The van der Waals surface area contributed by atoms with E-state index in [1.807, 2.05) is 64.1 Å². The minimum Gasteiger partial charge on any atom is -0.338 e. The first-order valence-corrected chi connectivity index (χ1v) is 10.9. The predicted molar refractivity (Wildman–Crippen MR) is 125 cm³/mol. The highest BCUT2D eigenvalue weighted by Crippen LogP contribution is 2.24. The molecule has 30 heavy (non-hydrogen) atoms. The standard InChI is InChI=1S/C24H27N3O2S/c1-6-26(14-16(2)3)22(28)15-30-24-25-20-10-8-7-9-19(20)23(29)27(24)21-13-17(4)11-12-18(21)5/h7-13H,2,6,14-15H2,1,3-5H3. The molecule has 0 unspecified atom stereocenters. The van der Waals surface area contributed by atoms with Gasteiger partial charge in [-0.05, 0) is 57.0 Å². The van der Waals surface area contributed by atoms with E-state index in [0.717, 1.165) is 22.4 Å². The first-order chi connectivity index (χ1) is 14.3. The molecule has 1 aromatic heterocycles. The molecule has 6 heteroatoms. The molecule has 3 aromatic rings. The summed E-state index contributed by atoms with van der Waals surface area (Å²) in [5, 5.41) is 1.08. The third kappa shape index (κ3) is 4.65. The quantitative estimate of drug-likeness (QED) is 0.320. The molecule has 0 saturated heterocycles. The van der Waals surface area contributed by atoms with Crippen LogP contribution in [0.4, 0.5) is 0 Å². The monoisotopic (exact) mass is 421 g/mol. The Morgan fingerprint density at radius 1 is 1.20 bits per heavy atom. The topological polar surface area (TPSA) is 55.2 Å². The highest BCUT2D eigenvalue weighted by Gasteiger charge is 2.18. The molecular formula is C24H27N3O2S. The Hall–Kier alpha value is -2.86. The molecule has 0 N–H and O–H groups in total. The van der Waals surface area contributed by atoms with E-state index in [9.17, 15) is 9.59 Å². The Bertz CT molecular complexity index is 1170. The van der Waals surface area contributed by atoms with Crippen molar-refractivity contribution in [3.63, 3.8) is 0 Å². The van der Waals surface area contributed by atoms with Crippen molar-refractivity contribution < 1.29 is 4.79 Å². The fraction of sp³-hybridized carbons (Fsp3) is 0.292. The third-order valence-electron chi connectivity index (χ3n) is 4.87. The van der Waals surface area contributed by atoms with Gasteiger partial charge in [-0.15, -0.1) is 0 Å². The van der Waals surface area contributed by atoms with Crippen molar-refractivity contribution in [2.45, 2.75) is 32.9 Å². The molecule has 0 aliphatic carbocycles. The molecule has 0 aliphatic heterocycles. The van der Waals surface area contributed by atoms with Gasteiger partial charge < -0.3 is 4.90 Å². The predicted octanol–water partition coefficient (Wildman–Crippen LogP) is 4.52. The second-order valence-electron chi connectivity index (χ2n) is 7.50. The number of carbonyl (C=O) groups is 1. The van der Waals surface area contributed by atoms with E-state index in [1.165, 1.54) is 11.8 Å². The summed E-state index contributed by atoms with van der Waals surface area (Å²) in [6.07, 6.45) is 0. The lowest BCUT2D eigenvalue weighted by molar-refractivity contribution is -0.127.